The number of aryl methyl sites for hydroxylation is 1. The first-order valence-electron chi connectivity index (χ1n) is 12.7. The van der Waals surface area contributed by atoms with E-state index in [0.29, 0.717) is 0 Å². The number of allylic oxidation sites excluding steroid dienone is 1. The zero-order chi connectivity index (χ0) is 25.6. The van der Waals surface area contributed by atoms with Crippen LogP contribution in [0.5, 0.6) is 0 Å². The second-order valence-corrected chi connectivity index (χ2v) is 13.4. The molecule has 0 radical (unpaired) electrons. The molecule has 0 aromatic heterocycles. The molecule has 2 aromatic carbocycles. The van der Waals surface area contributed by atoms with Gasteiger partial charge in [0.1, 0.15) is 0 Å². The van der Waals surface area contributed by atoms with E-state index in [1.165, 1.54) is 44.5 Å². The first-order chi connectivity index (χ1) is 14.8. The Morgan fingerprint density at radius 2 is 1.03 bits per heavy atom. The highest BCUT2D eigenvalue weighted by molar-refractivity contribution is 5.59. The van der Waals surface area contributed by atoms with Gasteiger partial charge in [-0.25, -0.2) is 0 Å². The minimum Gasteiger partial charge on any atom is -0.0871 e. The molecule has 0 atom stereocenters. The van der Waals surface area contributed by atoms with Gasteiger partial charge < -0.3 is 0 Å². The summed E-state index contributed by atoms with van der Waals surface area (Å²) in [7, 11) is 0. The van der Waals surface area contributed by atoms with Crippen molar-refractivity contribution >= 4 is 6.08 Å². The van der Waals surface area contributed by atoms with E-state index in [2.05, 4.69) is 133 Å². The van der Waals surface area contributed by atoms with Gasteiger partial charge in [-0.1, -0.05) is 106 Å². The molecule has 0 fully saturated rings. The van der Waals surface area contributed by atoms with Crippen LogP contribution < -0.4 is 0 Å². The topological polar surface area (TPSA) is 0 Å². The maximum Gasteiger partial charge on any atom is -0.00200 e. The maximum atomic E-state index is 2.49. The Balaban J connectivity index is 2.73. The second-order valence-electron chi connectivity index (χ2n) is 13.4. The molecule has 2 rings (SSSR count). The summed E-state index contributed by atoms with van der Waals surface area (Å²) in [6.45, 7) is 32.7. The third-order valence-corrected chi connectivity index (χ3v) is 9.25. The third-order valence-electron chi connectivity index (χ3n) is 9.25. The normalized spacial score (nSPS) is 13.8. The summed E-state index contributed by atoms with van der Waals surface area (Å²) in [6.07, 6.45) is 5.42. The van der Waals surface area contributed by atoms with Gasteiger partial charge in [0.2, 0.25) is 0 Å². The summed E-state index contributed by atoms with van der Waals surface area (Å²) in [5.41, 5.74) is 11.9. The van der Waals surface area contributed by atoms with Gasteiger partial charge >= 0.3 is 0 Å². The summed E-state index contributed by atoms with van der Waals surface area (Å²) >= 11 is 0. The lowest BCUT2D eigenvalue weighted by atomic mass is 9.64. The lowest BCUT2D eigenvalue weighted by molar-refractivity contribution is 0.225. The predicted molar refractivity (Wildman–Crippen MR) is 150 cm³/mol. The van der Waals surface area contributed by atoms with E-state index in [1.54, 1.807) is 0 Å². The average Bonchev–Trinajstić information content (AvgIpc) is 2.66. The van der Waals surface area contributed by atoms with Crippen LogP contribution in [0.2, 0.25) is 0 Å². The molecular weight excluding hydrogens is 396 g/mol. The number of benzene rings is 2. The molecule has 0 saturated carbocycles. The van der Waals surface area contributed by atoms with E-state index in [1.807, 2.05) is 0 Å². The summed E-state index contributed by atoms with van der Waals surface area (Å²) in [4.78, 5) is 0. The van der Waals surface area contributed by atoms with Crippen molar-refractivity contribution in [1.29, 1.82) is 0 Å². The highest BCUT2D eigenvalue weighted by Gasteiger charge is 2.36. The maximum absolute atomic E-state index is 2.49. The SMILES string of the molecule is C/C=C/c1cc(C(C)(C)C(C)(C)C)cc(Cc2cc(C(C)(C)C(C)(C)C)cc(C)c2C)c1C. The molecule has 0 spiro atoms. The van der Waals surface area contributed by atoms with Crippen molar-refractivity contribution in [3.8, 4) is 0 Å². The zero-order valence-electron chi connectivity index (χ0n) is 24.2. The smallest absolute Gasteiger partial charge is 0.00200 e. The number of hydrogen-bond donors (Lipinski definition) is 0. The zero-order valence-corrected chi connectivity index (χ0v) is 24.2. The van der Waals surface area contributed by atoms with Crippen molar-refractivity contribution in [2.45, 2.75) is 114 Å². The first kappa shape index (κ1) is 27.4. The standard InChI is InChI=1S/C33H50/c1-15-16-25-19-29(33(13,14)31(8,9)10)21-27(24(25)4)18-26-20-28(17-22(2)23(26)3)32(11,12)30(5,6)7/h15-17,19-21H,18H2,1-14H3/b16-15+. The molecule has 0 unspecified atom stereocenters. The van der Waals surface area contributed by atoms with Crippen LogP contribution >= 0.6 is 0 Å². The van der Waals surface area contributed by atoms with Gasteiger partial charge in [-0.05, 0) is 100 Å². The molecule has 0 bridgehead atoms. The third kappa shape index (κ3) is 5.31. The van der Waals surface area contributed by atoms with Crippen molar-refractivity contribution in [2.24, 2.45) is 10.8 Å². The highest BCUT2D eigenvalue weighted by atomic mass is 14.4. The molecule has 33 heavy (non-hydrogen) atoms. The average molecular weight is 447 g/mol. The lowest BCUT2D eigenvalue weighted by Gasteiger charge is -2.40. The first-order valence-corrected chi connectivity index (χ1v) is 12.7. The van der Waals surface area contributed by atoms with E-state index >= 15 is 0 Å². The van der Waals surface area contributed by atoms with E-state index in [-0.39, 0.29) is 21.7 Å². The van der Waals surface area contributed by atoms with Crippen LogP contribution in [0, 0.1) is 31.6 Å². The predicted octanol–water partition coefficient (Wildman–Crippen LogP) is 9.88. The monoisotopic (exact) mass is 446 g/mol. The van der Waals surface area contributed by atoms with Gasteiger partial charge in [-0.15, -0.1) is 0 Å². The van der Waals surface area contributed by atoms with Crippen LogP contribution in [0.25, 0.3) is 6.08 Å². The molecule has 0 heteroatoms. The Labute approximate surface area is 205 Å². The van der Waals surface area contributed by atoms with Crippen molar-refractivity contribution in [1.82, 2.24) is 0 Å². The van der Waals surface area contributed by atoms with Crippen LogP contribution in [0.1, 0.15) is 121 Å². The summed E-state index contributed by atoms with van der Waals surface area (Å²) < 4.78 is 0. The number of rotatable bonds is 5. The number of hydrogen-bond acceptors (Lipinski definition) is 0. The van der Waals surface area contributed by atoms with Crippen LogP contribution in [0.15, 0.2) is 30.3 Å². The Kier molecular flexibility index (Phi) is 7.55. The minimum atomic E-state index is 0.0762. The fraction of sp³-hybridized carbons (Fsp3) is 0.576. The quantitative estimate of drug-likeness (QED) is 0.428. The van der Waals surface area contributed by atoms with Crippen LogP contribution in [0.3, 0.4) is 0 Å². The molecule has 2 aromatic rings. The van der Waals surface area contributed by atoms with Crippen molar-refractivity contribution in [2.75, 3.05) is 0 Å². The molecule has 0 heterocycles. The molecule has 0 nitrogen and oxygen atoms in total. The minimum absolute atomic E-state index is 0.0762. The van der Waals surface area contributed by atoms with Crippen molar-refractivity contribution < 1.29 is 0 Å². The Hall–Kier alpha value is -1.82. The Morgan fingerprint density at radius 3 is 1.45 bits per heavy atom. The molecule has 0 N–H and O–H groups in total. The molecule has 182 valence electrons. The van der Waals surface area contributed by atoms with Crippen LogP contribution in [-0.4, -0.2) is 0 Å². The van der Waals surface area contributed by atoms with E-state index in [9.17, 15) is 0 Å². The van der Waals surface area contributed by atoms with Gasteiger partial charge in [0, 0.05) is 0 Å². The summed E-state index contributed by atoms with van der Waals surface area (Å²) in [6, 6.07) is 9.82. The molecule has 0 aliphatic carbocycles. The molecule has 0 saturated heterocycles. The fourth-order valence-electron chi connectivity index (χ4n) is 4.24. The van der Waals surface area contributed by atoms with Gasteiger partial charge in [0.05, 0.1) is 0 Å². The molecular formula is C33H50. The van der Waals surface area contributed by atoms with Crippen LogP contribution in [0.4, 0.5) is 0 Å². The second kappa shape index (κ2) is 9.09. The Bertz CT molecular complexity index is 1030. The highest BCUT2D eigenvalue weighted by Crippen LogP contribution is 2.44. The lowest BCUT2D eigenvalue weighted by Crippen LogP contribution is -2.34. The largest absolute Gasteiger partial charge is 0.0871 e. The van der Waals surface area contributed by atoms with Crippen LogP contribution in [-0.2, 0) is 17.3 Å². The Morgan fingerprint density at radius 1 is 0.606 bits per heavy atom. The van der Waals surface area contributed by atoms with E-state index < -0.39 is 0 Å². The van der Waals surface area contributed by atoms with E-state index in [4.69, 9.17) is 0 Å². The molecule has 0 aliphatic rings. The van der Waals surface area contributed by atoms with Gasteiger partial charge in [-0.2, -0.15) is 0 Å². The summed E-state index contributed by atoms with van der Waals surface area (Å²) in [5, 5.41) is 0. The van der Waals surface area contributed by atoms with Crippen molar-refractivity contribution in [3.63, 3.8) is 0 Å². The molecule has 0 amide bonds. The van der Waals surface area contributed by atoms with Crippen molar-refractivity contribution in [3.05, 3.63) is 74.8 Å². The fourth-order valence-corrected chi connectivity index (χ4v) is 4.24. The van der Waals surface area contributed by atoms with Gasteiger partial charge in [-0.3, -0.25) is 0 Å². The van der Waals surface area contributed by atoms with Gasteiger partial charge in [0.15, 0.2) is 0 Å². The van der Waals surface area contributed by atoms with Gasteiger partial charge in [0.25, 0.3) is 0 Å². The summed E-state index contributed by atoms with van der Waals surface area (Å²) in [5.74, 6) is 0. The molecule has 0 aliphatic heterocycles. The van der Waals surface area contributed by atoms with E-state index in [0.717, 1.165) is 6.42 Å².